The minimum atomic E-state index is 0.849. The summed E-state index contributed by atoms with van der Waals surface area (Å²) in [6, 6.07) is 8.33. The molecule has 2 heterocycles. The predicted octanol–water partition coefficient (Wildman–Crippen LogP) is 5.40. The van der Waals surface area contributed by atoms with Gasteiger partial charge in [0.2, 0.25) is 0 Å². The Labute approximate surface area is 134 Å². The van der Waals surface area contributed by atoms with E-state index in [1.54, 1.807) is 29.4 Å². The zero-order valence-corrected chi connectivity index (χ0v) is 13.8. The summed E-state index contributed by atoms with van der Waals surface area (Å²) in [4.78, 5) is 9.83. The van der Waals surface area contributed by atoms with Gasteiger partial charge in [-0.05, 0) is 17.7 Å². The van der Waals surface area contributed by atoms with E-state index in [1.807, 2.05) is 6.08 Å². The number of aromatic nitrogens is 2. The third kappa shape index (κ3) is 2.66. The number of hydrogen-bond acceptors (Lipinski definition) is 4. The van der Waals surface area contributed by atoms with Crippen LogP contribution in [0.1, 0.15) is 0 Å². The first kappa shape index (κ1) is 13.8. The van der Waals surface area contributed by atoms with E-state index < -0.39 is 0 Å². The second kappa shape index (κ2) is 6.08. The third-order valence-corrected chi connectivity index (χ3v) is 5.23. The van der Waals surface area contributed by atoms with Crippen LogP contribution in [0.4, 0.5) is 0 Å². The molecule has 0 aliphatic carbocycles. The van der Waals surface area contributed by atoms with Crippen molar-refractivity contribution in [2.45, 2.75) is 5.03 Å². The van der Waals surface area contributed by atoms with Crippen molar-refractivity contribution >= 4 is 49.2 Å². The lowest BCUT2D eigenvalue weighted by Gasteiger charge is -2.04. The number of thiophene rings is 1. The van der Waals surface area contributed by atoms with Crippen LogP contribution in [0.3, 0.4) is 0 Å². The third-order valence-electron chi connectivity index (χ3n) is 2.83. The summed E-state index contributed by atoms with van der Waals surface area (Å²) in [6.07, 6.45) is 3.53. The number of rotatable bonds is 4. The van der Waals surface area contributed by atoms with Gasteiger partial charge in [-0.1, -0.05) is 34.1 Å². The average molecular weight is 363 g/mol. The molecule has 0 bridgehead atoms. The molecular weight excluding hydrogens is 352 g/mol. The molecule has 0 radical (unpaired) electrons. The number of hydrogen-bond donors (Lipinski definition) is 0. The lowest BCUT2D eigenvalue weighted by Crippen LogP contribution is -1.86. The SMILES string of the molecule is C=CCSc1ncnc2scc(-c3ccc(Br)cc3)c12. The molecule has 0 N–H and O–H groups in total. The fourth-order valence-electron chi connectivity index (χ4n) is 1.94. The summed E-state index contributed by atoms with van der Waals surface area (Å²) < 4.78 is 1.08. The van der Waals surface area contributed by atoms with Crippen LogP contribution in [-0.2, 0) is 0 Å². The molecule has 0 aliphatic rings. The average Bonchev–Trinajstić information content (AvgIpc) is 2.90. The highest BCUT2D eigenvalue weighted by molar-refractivity contribution is 9.10. The topological polar surface area (TPSA) is 25.8 Å². The smallest absolute Gasteiger partial charge is 0.128 e. The van der Waals surface area contributed by atoms with Crippen LogP contribution in [0.25, 0.3) is 21.3 Å². The minimum absolute atomic E-state index is 0.849. The fourth-order valence-corrected chi connectivity index (χ4v) is 3.93. The van der Waals surface area contributed by atoms with E-state index in [9.17, 15) is 0 Å². The standard InChI is InChI=1S/C15H11BrN2S2/c1-2-7-19-14-13-12(8-20-15(13)18-9-17-14)10-3-5-11(16)6-4-10/h2-6,8-9H,1,7H2. The van der Waals surface area contributed by atoms with Crippen molar-refractivity contribution < 1.29 is 0 Å². The van der Waals surface area contributed by atoms with E-state index in [4.69, 9.17) is 0 Å². The van der Waals surface area contributed by atoms with Gasteiger partial charge in [-0.3, -0.25) is 0 Å². The monoisotopic (exact) mass is 362 g/mol. The van der Waals surface area contributed by atoms with Gasteiger partial charge >= 0.3 is 0 Å². The number of benzene rings is 1. The Morgan fingerprint density at radius 2 is 2.05 bits per heavy atom. The summed E-state index contributed by atoms with van der Waals surface area (Å²) in [5.41, 5.74) is 2.39. The first-order chi connectivity index (χ1) is 9.79. The van der Waals surface area contributed by atoms with Crippen LogP contribution in [0, 0.1) is 0 Å². The van der Waals surface area contributed by atoms with Crippen molar-refractivity contribution in [2.24, 2.45) is 0 Å². The highest BCUT2D eigenvalue weighted by Crippen LogP contribution is 2.38. The summed E-state index contributed by atoms with van der Waals surface area (Å²) >= 11 is 6.82. The Balaban J connectivity index is 2.15. The Morgan fingerprint density at radius 3 is 2.80 bits per heavy atom. The van der Waals surface area contributed by atoms with Crippen LogP contribution < -0.4 is 0 Å². The Hall–Kier alpha value is -1.17. The lowest BCUT2D eigenvalue weighted by molar-refractivity contribution is 1.11. The summed E-state index contributed by atoms with van der Waals surface area (Å²) in [5.74, 6) is 0.849. The molecular formula is C15H11BrN2S2. The van der Waals surface area contributed by atoms with Crippen LogP contribution in [-0.4, -0.2) is 15.7 Å². The number of nitrogens with zero attached hydrogens (tertiary/aromatic N) is 2. The van der Waals surface area contributed by atoms with E-state index in [1.165, 1.54) is 11.1 Å². The zero-order valence-electron chi connectivity index (χ0n) is 10.5. The van der Waals surface area contributed by atoms with Crippen LogP contribution >= 0.6 is 39.0 Å². The van der Waals surface area contributed by atoms with Crippen molar-refractivity contribution in [3.05, 3.63) is 53.1 Å². The molecule has 20 heavy (non-hydrogen) atoms. The molecule has 0 amide bonds. The molecule has 0 unspecified atom stereocenters. The van der Waals surface area contributed by atoms with Gasteiger partial charge in [-0.25, -0.2) is 9.97 Å². The summed E-state index contributed by atoms with van der Waals surface area (Å²) in [6.45, 7) is 3.77. The Kier molecular flexibility index (Phi) is 4.19. The maximum atomic E-state index is 4.42. The fraction of sp³-hybridized carbons (Fsp3) is 0.0667. The van der Waals surface area contributed by atoms with E-state index in [0.29, 0.717) is 0 Å². The Bertz CT molecular complexity index is 750. The van der Waals surface area contributed by atoms with Crippen molar-refractivity contribution in [1.29, 1.82) is 0 Å². The van der Waals surface area contributed by atoms with E-state index in [2.05, 4.69) is 62.1 Å². The van der Waals surface area contributed by atoms with Crippen molar-refractivity contribution in [3.8, 4) is 11.1 Å². The molecule has 1 aromatic carbocycles. The van der Waals surface area contributed by atoms with Gasteiger partial charge in [-0.15, -0.1) is 29.7 Å². The highest BCUT2D eigenvalue weighted by atomic mass is 79.9. The van der Waals surface area contributed by atoms with Gasteiger partial charge in [0.15, 0.2) is 0 Å². The van der Waals surface area contributed by atoms with Crippen molar-refractivity contribution in [2.75, 3.05) is 5.75 Å². The molecule has 3 rings (SSSR count). The molecule has 2 aromatic heterocycles. The lowest BCUT2D eigenvalue weighted by atomic mass is 10.1. The molecule has 0 saturated carbocycles. The summed E-state index contributed by atoms with van der Waals surface area (Å²) in [7, 11) is 0. The van der Waals surface area contributed by atoms with Gasteiger partial charge in [0.1, 0.15) is 16.2 Å². The number of thioether (sulfide) groups is 1. The van der Waals surface area contributed by atoms with E-state index in [-0.39, 0.29) is 0 Å². The second-order valence-electron chi connectivity index (χ2n) is 4.11. The molecule has 0 saturated heterocycles. The van der Waals surface area contributed by atoms with E-state index in [0.717, 1.165) is 25.5 Å². The first-order valence-corrected chi connectivity index (χ1v) is 8.67. The largest absolute Gasteiger partial charge is 0.229 e. The minimum Gasteiger partial charge on any atom is -0.229 e. The maximum Gasteiger partial charge on any atom is 0.128 e. The first-order valence-electron chi connectivity index (χ1n) is 6.01. The molecule has 0 atom stereocenters. The zero-order chi connectivity index (χ0) is 13.9. The van der Waals surface area contributed by atoms with Crippen molar-refractivity contribution in [3.63, 3.8) is 0 Å². The van der Waals surface area contributed by atoms with E-state index >= 15 is 0 Å². The maximum absolute atomic E-state index is 4.42. The number of halogens is 1. The van der Waals surface area contributed by atoms with Gasteiger partial charge in [-0.2, -0.15) is 0 Å². The van der Waals surface area contributed by atoms with Gasteiger partial charge in [0.05, 0.1) is 5.39 Å². The summed E-state index contributed by atoms with van der Waals surface area (Å²) in [5, 5.41) is 4.32. The Morgan fingerprint density at radius 1 is 1.25 bits per heavy atom. The van der Waals surface area contributed by atoms with Gasteiger partial charge in [0.25, 0.3) is 0 Å². The van der Waals surface area contributed by atoms with Crippen molar-refractivity contribution in [1.82, 2.24) is 9.97 Å². The number of fused-ring (bicyclic) bond motifs is 1. The predicted molar refractivity (Wildman–Crippen MR) is 91.5 cm³/mol. The molecule has 0 fully saturated rings. The molecule has 100 valence electrons. The van der Waals surface area contributed by atoms with Gasteiger partial charge < -0.3 is 0 Å². The van der Waals surface area contributed by atoms with Crippen LogP contribution in [0.2, 0.25) is 0 Å². The molecule has 5 heteroatoms. The normalized spacial score (nSPS) is 10.8. The molecule has 3 aromatic rings. The second-order valence-corrected chi connectivity index (χ2v) is 6.90. The van der Waals surface area contributed by atoms with Crippen LogP contribution in [0.5, 0.6) is 0 Å². The van der Waals surface area contributed by atoms with Gasteiger partial charge in [0, 0.05) is 21.2 Å². The highest BCUT2D eigenvalue weighted by Gasteiger charge is 2.12. The molecule has 0 spiro atoms. The molecule has 2 nitrogen and oxygen atoms in total. The van der Waals surface area contributed by atoms with Crippen LogP contribution in [0.15, 0.2) is 58.1 Å². The quantitative estimate of drug-likeness (QED) is 0.353. The molecule has 0 aliphatic heterocycles.